The molecule has 1 aromatic carbocycles. The summed E-state index contributed by atoms with van der Waals surface area (Å²) >= 11 is 0. The van der Waals surface area contributed by atoms with Gasteiger partial charge < -0.3 is 14.7 Å². The first kappa shape index (κ1) is 13.4. The van der Waals surface area contributed by atoms with Crippen LogP contribution in [0.4, 0.5) is 0 Å². The van der Waals surface area contributed by atoms with Crippen molar-refractivity contribution < 1.29 is 19.4 Å². The van der Waals surface area contributed by atoms with Crippen LogP contribution in [-0.4, -0.2) is 41.6 Å². The zero-order valence-electron chi connectivity index (χ0n) is 10.8. The number of aliphatic carboxylic acids is 1. The van der Waals surface area contributed by atoms with Gasteiger partial charge in [0, 0.05) is 6.54 Å². The highest BCUT2D eigenvalue weighted by molar-refractivity contribution is 5.85. The Balaban J connectivity index is 2.01. The van der Waals surface area contributed by atoms with Crippen LogP contribution in [0.1, 0.15) is 18.4 Å². The molecule has 19 heavy (non-hydrogen) atoms. The third-order valence-corrected chi connectivity index (χ3v) is 3.37. The van der Waals surface area contributed by atoms with Gasteiger partial charge in [-0.3, -0.25) is 4.79 Å². The second-order valence-electron chi connectivity index (χ2n) is 4.61. The Kier molecular flexibility index (Phi) is 4.04. The predicted molar refractivity (Wildman–Crippen MR) is 69.1 cm³/mol. The lowest BCUT2D eigenvalue weighted by Gasteiger charge is -2.21. The van der Waals surface area contributed by atoms with Crippen LogP contribution in [0.5, 0.6) is 5.75 Å². The Morgan fingerprint density at radius 1 is 1.37 bits per heavy atom. The summed E-state index contributed by atoms with van der Waals surface area (Å²) in [4.78, 5) is 24.6. The molecule has 1 aromatic rings. The molecule has 1 fully saturated rings. The van der Waals surface area contributed by atoms with Gasteiger partial charge in [0.1, 0.15) is 11.8 Å². The monoisotopic (exact) mass is 263 g/mol. The van der Waals surface area contributed by atoms with Gasteiger partial charge in [-0.1, -0.05) is 12.1 Å². The number of likely N-dealkylation sites (tertiary alicyclic amines) is 1. The molecule has 1 heterocycles. The van der Waals surface area contributed by atoms with Crippen LogP contribution >= 0.6 is 0 Å². The van der Waals surface area contributed by atoms with E-state index in [-0.39, 0.29) is 12.3 Å². The second kappa shape index (κ2) is 5.73. The number of hydrogen-bond donors (Lipinski definition) is 1. The maximum atomic E-state index is 12.1. The van der Waals surface area contributed by atoms with Crippen molar-refractivity contribution >= 4 is 11.9 Å². The van der Waals surface area contributed by atoms with Crippen molar-refractivity contribution in [2.24, 2.45) is 0 Å². The fourth-order valence-electron chi connectivity index (χ4n) is 2.34. The van der Waals surface area contributed by atoms with Gasteiger partial charge in [0.05, 0.1) is 13.5 Å². The highest BCUT2D eigenvalue weighted by Crippen LogP contribution is 2.19. The minimum Gasteiger partial charge on any atom is -0.497 e. The molecule has 1 amide bonds. The summed E-state index contributed by atoms with van der Waals surface area (Å²) in [5, 5.41) is 9.06. The standard InChI is InChI=1S/C14H17NO4/c1-19-11-6-4-10(5-7-11)9-13(16)15-8-2-3-12(15)14(17)18/h4-7,12H,2-3,8-9H2,1H3,(H,17,18)/t12-/m1/s1. The van der Waals surface area contributed by atoms with E-state index in [2.05, 4.69) is 0 Å². The van der Waals surface area contributed by atoms with Crippen molar-refractivity contribution in [3.63, 3.8) is 0 Å². The molecular weight excluding hydrogens is 246 g/mol. The van der Waals surface area contributed by atoms with Crippen molar-refractivity contribution in [2.45, 2.75) is 25.3 Å². The number of rotatable bonds is 4. The van der Waals surface area contributed by atoms with Gasteiger partial charge >= 0.3 is 5.97 Å². The van der Waals surface area contributed by atoms with Crippen LogP contribution in [0.2, 0.25) is 0 Å². The summed E-state index contributed by atoms with van der Waals surface area (Å²) in [7, 11) is 1.59. The average molecular weight is 263 g/mol. The molecule has 2 rings (SSSR count). The smallest absolute Gasteiger partial charge is 0.326 e. The van der Waals surface area contributed by atoms with Gasteiger partial charge in [-0.15, -0.1) is 0 Å². The zero-order valence-corrected chi connectivity index (χ0v) is 10.8. The number of carboxylic acid groups (broad SMARTS) is 1. The molecule has 0 aromatic heterocycles. The van der Waals surface area contributed by atoms with Crippen molar-refractivity contribution in [3.05, 3.63) is 29.8 Å². The molecule has 5 heteroatoms. The highest BCUT2D eigenvalue weighted by atomic mass is 16.5. The largest absolute Gasteiger partial charge is 0.497 e. The van der Waals surface area contributed by atoms with Gasteiger partial charge in [-0.25, -0.2) is 4.79 Å². The Morgan fingerprint density at radius 3 is 2.63 bits per heavy atom. The van der Waals surface area contributed by atoms with Crippen molar-refractivity contribution in [2.75, 3.05) is 13.7 Å². The number of carbonyl (C=O) groups is 2. The second-order valence-corrected chi connectivity index (χ2v) is 4.61. The number of methoxy groups -OCH3 is 1. The van der Waals surface area contributed by atoms with Gasteiger partial charge in [0.15, 0.2) is 0 Å². The summed E-state index contributed by atoms with van der Waals surface area (Å²) in [6.45, 7) is 0.534. The molecule has 1 aliphatic rings. The number of carbonyl (C=O) groups excluding carboxylic acids is 1. The number of hydrogen-bond acceptors (Lipinski definition) is 3. The molecule has 1 saturated heterocycles. The van der Waals surface area contributed by atoms with Gasteiger partial charge in [-0.2, -0.15) is 0 Å². The summed E-state index contributed by atoms with van der Waals surface area (Å²) in [6.07, 6.45) is 1.53. The highest BCUT2D eigenvalue weighted by Gasteiger charge is 2.33. The van der Waals surface area contributed by atoms with E-state index in [0.717, 1.165) is 17.7 Å². The third-order valence-electron chi connectivity index (χ3n) is 3.37. The molecule has 0 saturated carbocycles. The maximum Gasteiger partial charge on any atom is 0.326 e. The van der Waals surface area contributed by atoms with Crippen LogP contribution in [0.15, 0.2) is 24.3 Å². The Bertz CT molecular complexity index is 469. The van der Waals surface area contributed by atoms with Gasteiger partial charge in [-0.05, 0) is 30.5 Å². The van der Waals surface area contributed by atoms with Crippen LogP contribution in [0.3, 0.4) is 0 Å². The normalized spacial score (nSPS) is 18.4. The molecule has 0 unspecified atom stereocenters. The summed E-state index contributed by atoms with van der Waals surface area (Å²) in [6, 6.07) is 6.57. The van der Waals surface area contributed by atoms with Gasteiger partial charge in [0.2, 0.25) is 5.91 Å². The van der Waals surface area contributed by atoms with Crippen LogP contribution in [-0.2, 0) is 16.0 Å². The number of ether oxygens (including phenoxy) is 1. The van der Waals surface area contributed by atoms with Crippen LogP contribution < -0.4 is 4.74 Å². The van der Waals surface area contributed by atoms with Crippen molar-refractivity contribution in [1.29, 1.82) is 0 Å². The van der Waals surface area contributed by atoms with Crippen molar-refractivity contribution in [3.8, 4) is 5.75 Å². The molecule has 0 spiro atoms. The Morgan fingerprint density at radius 2 is 2.05 bits per heavy atom. The van der Waals surface area contributed by atoms with E-state index in [1.165, 1.54) is 4.90 Å². The van der Waals surface area contributed by atoms with E-state index in [1.807, 2.05) is 12.1 Å². The van der Waals surface area contributed by atoms with E-state index in [1.54, 1.807) is 19.2 Å². The van der Waals surface area contributed by atoms with Gasteiger partial charge in [0.25, 0.3) is 0 Å². The predicted octanol–water partition coefficient (Wildman–Crippen LogP) is 1.31. The molecule has 1 aliphatic heterocycles. The van der Waals surface area contributed by atoms with E-state index >= 15 is 0 Å². The molecule has 1 N–H and O–H groups in total. The molecule has 0 radical (unpaired) electrons. The van der Waals surface area contributed by atoms with E-state index < -0.39 is 12.0 Å². The lowest BCUT2D eigenvalue weighted by Crippen LogP contribution is -2.41. The summed E-state index contributed by atoms with van der Waals surface area (Å²) in [5.74, 6) is -0.309. The lowest BCUT2D eigenvalue weighted by molar-refractivity contribution is -0.148. The van der Waals surface area contributed by atoms with E-state index in [0.29, 0.717) is 13.0 Å². The third kappa shape index (κ3) is 3.05. The Labute approximate surface area is 111 Å². The number of benzene rings is 1. The SMILES string of the molecule is COc1ccc(CC(=O)N2CCC[C@@H]2C(=O)O)cc1. The topological polar surface area (TPSA) is 66.8 Å². The summed E-state index contributed by atoms with van der Waals surface area (Å²) in [5.41, 5.74) is 0.863. The van der Waals surface area contributed by atoms with E-state index in [9.17, 15) is 9.59 Å². The van der Waals surface area contributed by atoms with Crippen LogP contribution in [0.25, 0.3) is 0 Å². The van der Waals surface area contributed by atoms with Crippen LogP contribution in [0, 0.1) is 0 Å². The first-order valence-corrected chi connectivity index (χ1v) is 6.27. The van der Waals surface area contributed by atoms with E-state index in [4.69, 9.17) is 9.84 Å². The number of carboxylic acids is 1. The first-order valence-electron chi connectivity index (χ1n) is 6.27. The number of amides is 1. The molecule has 1 atom stereocenters. The van der Waals surface area contributed by atoms with Crippen molar-refractivity contribution in [1.82, 2.24) is 4.90 Å². The Hall–Kier alpha value is -2.04. The zero-order chi connectivity index (χ0) is 13.8. The molecule has 0 bridgehead atoms. The summed E-state index contributed by atoms with van der Waals surface area (Å²) < 4.78 is 5.05. The minimum absolute atomic E-state index is 0.130. The molecule has 5 nitrogen and oxygen atoms in total. The molecule has 102 valence electrons. The molecule has 0 aliphatic carbocycles. The maximum absolute atomic E-state index is 12.1. The quantitative estimate of drug-likeness (QED) is 0.889. The fraction of sp³-hybridized carbons (Fsp3) is 0.429. The lowest BCUT2D eigenvalue weighted by atomic mass is 10.1. The first-order chi connectivity index (χ1) is 9.11. The minimum atomic E-state index is -0.916. The average Bonchev–Trinajstić information content (AvgIpc) is 2.89. The molecular formula is C14H17NO4. The number of nitrogens with zero attached hydrogens (tertiary/aromatic N) is 1. The fourth-order valence-corrected chi connectivity index (χ4v) is 2.34.